The molecule has 1 nitrogen and oxygen atoms in total. The van der Waals surface area contributed by atoms with Crippen LogP contribution in [-0.2, 0) is 0 Å². The predicted molar refractivity (Wildman–Crippen MR) is 59.1 cm³/mol. The van der Waals surface area contributed by atoms with Crippen LogP contribution in [0.2, 0.25) is 10.0 Å². The maximum absolute atomic E-state index is 9.45. The number of hydrogen-bond donors (Lipinski definition) is 1. The molecule has 2 rings (SSSR count). The van der Waals surface area contributed by atoms with Crippen LogP contribution in [0.1, 0.15) is 30.7 Å². The van der Waals surface area contributed by atoms with Gasteiger partial charge in [-0.3, -0.25) is 0 Å². The Morgan fingerprint density at radius 2 is 2.00 bits per heavy atom. The van der Waals surface area contributed by atoms with Gasteiger partial charge in [0.2, 0.25) is 0 Å². The summed E-state index contributed by atoms with van der Waals surface area (Å²) in [4.78, 5) is 0. The van der Waals surface area contributed by atoms with Crippen LogP contribution in [0.4, 0.5) is 0 Å². The van der Waals surface area contributed by atoms with E-state index in [0.717, 1.165) is 29.8 Å². The van der Waals surface area contributed by atoms with E-state index >= 15 is 0 Å². The molecule has 0 radical (unpaired) electrons. The third-order valence-electron chi connectivity index (χ3n) is 2.80. The van der Waals surface area contributed by atoms with Crippen LogP contribution in [0.3, 0.4) is 0 Å². The highest BCUT2D eigenvalue weighted by Crippen LogP contribution is 2.38. The molecule has 76 valence electrons. The lowest BCUT2D eigenvalue weighted by Crippen LogP contribution is -1.99. The Morgan fingerprint density at radius 1 is 1.21 bits per heavy atom. The summed E-state index contributed by atoms with van der Waals surface area (Å²) >= 11 is 12.0. The van der Waals surface area contributed by atoms with Crippen molar-refractivity contribution >= 4 is 23.2 Å². The minimum Gasteiger partial charge on any atom is -0.393 e. The van der Waals surface area contributed by atoms with Gasteiger partial charge in [0, 0.05) is 10.0 Å². The van der Waals surface area contributed by atoms with Crippen LogP contribution in [0.25, 0.3) is 0 Å². The summed E-state index contributed by atoms with van der Waals surface area (Å²) in [6.45, 7) is 0. The van der Waals surface area contributed by atoms with Crippen LogP contribution in [-0.4, -0.2) is 11.2 Å². The smallest absolute Gasteiger partial charge is 0.0546 e. The molecule has 1 saturated carbocycles. The first-order valence-corrected chi connectivity index (χ1v) is 5.55. The van der Waals surface area contributed by atoms with Crippen molar-refractivity contribution in [2.45, 2.75) is 31.3 Å². The van der Waals surface area contributed by atoms with Crippen molar-refractivity contribution in [1.29, 1.82) is 0 Å². The SMILES string of the molecule is OC1CCC(c2cc(Cl)ccc2Cl)C1. The summed E-state index contributed by atoms with van der Waals surface area (Å²) < 4.78 is 0. The van der Waals surface area contributed by atoms with Crippen molar-refractivity contribution < 1.29 is 5.11 Å². The molecule has 0 aromatic heterocycles. The van der Waals surface area contributed by atoms with Gasteiger partial charge in [-0.25, -0.2) is 0 Å². The number of benzene rings is 1. The van der Waals surface area contributed by atoms with Gasteiger partial charge in [0.1, 0.15) is 0 Å². The second-order valence-electron chi connectivity index (χ2n) is 3.83. The molecule has 0 amide bonds. The molecule has 2 atom stereocenters. The third-order valence-corrected chi connectivity index (χ3v) is 3.38. The molecule has 0 saturated heterocycles. The molecule has 2 unspecified atom stereocenters. The minimum atomic E-state index is -0.171. The highest BCUT2D eigenvalue weighted by Gasteiger charge is 2.25. The van der Waals surface area contributed by atoms with E-state index in [1.807, 2.05) is 12.1 Å². The second kappa shape index (κ2) is 4.09. The standard InChI is InChI=1S/C11H12Cl2O/c12-8-2-4-11(13)10(6-8)7-1-3-9(14)5-7/h2,4,6-7,9,14H,1,3,5H2. The highest BCUT2D eigenvalue weighted by atomic mass is 35.5. The summed E-state index contributed by atoms with van der Waals surface area (Å²) in [7, 11) is 0. The minimum absolute atomic E-state index is 0.171. The molecule has 0 bridgehead atoms. The molecule has 0 aliphatic heterocycles. The van der Waals surface area contributed by atoms with Crippen molar-refractivity contribution in [3.63, 3.8) is 0 Å². The second-order valence-corrected chi connectivity index (χ2v) is 4.67. The fraction of sp³-hybridized carbons (Fsp3) is 0.455. The van der Waals surface area contributed by atoms with E-state index in [1.165, 1.54) is 0 Å². The van der Waals surface area contributed by atoms with Crippen LogP contribution in [0.5, 0.6) is 0 Å². The third kappa shape index (κ3) is 2.05. The van der Waals surface area contributed by atoms with E-state index < -0.39 is 0 Å². The number of halogens is 2. The zero-order valence-electron chi connectivity index (χ0n) is 7.71. The van der Waals surface area contributed by atoms with Gasteiger partial charge in [0.15, 0.2) is 0 Å². The molecule has 1 aliphatic carbocycles. The topological polar surface area (TPSA) is 20.2 Å². The Kier molecular flexibility index (Phi) is 3.01. The molecule has 0 spiro atoms. The van der Waals surface area contributed by atoms with E-state index in [4.69, 9.17) is 23.2 Å². The summed E-state index contributed by atoms with van der Waals surface area (Å²) in [6.07, 6.45) is 2.50. The van der Waals surface area contributed by atoms with E-state index in [9.17, 15) is 5.11 Å². The van der Waals surface area contributed by atoms with Gasteiger partial charge >= 0.3 is 0 Å². The van der Waals surface area contributed by atoms with Gasteiger partial charge in [-0.2, -0.15) is 0 Å². The van der Waals surface area contributed by atoms with Gasteiger partial charge in [0.25, 0.3) is 0 Å². The summed E-state index contributed by atoms with van der Waals surface area (Å²) in [6, 6.07) is 5.52. The largest absolute Gasteiger partial charge is 0.393 e. The van der Waals surface area contributed by atoms with E-state index in [-0.39, 0.29) is 6.10 Å². The van der Waals surface area contributed by atoms with Crippen molar-refractivity contribution in [3.8, 4) is 0 Å². The van der Waals surface area contributed by atoms with Crippen molar-refractivity contribution in [1.82, 2.24) is 0 Å². The molecular weight excluding hydrogens is 219 g/mol. The fourth-order valence-electron chi connectivity index (χ4n) is 2.07. The molecule has 1 fully saturated rings. The zero-order valence-corrected chi connectivity index (χ0v) is 9.22. The lowest BCUT2D eigenvalue weighted by Gasteiger charge is -2.11. The van der Waals surface area contributed by atoms with Gasteiger partial charge in [0.05, 0.1) is 6.10 Å². The van der Waals surface area contributed by atoms with Gasteiger partial charge in [-0.1, -0.05) is 23.2 Å². The van der Waals surface area contributed by atoms with E-state index in [0.29, 0.717) is 10.9 Å². The first kappa shape index (κ1) is 10.3. The Hall–Kier alpha value is -0.240. The van der Waals surface area contributed by atoms with Gasteiger partial charge in [-0.05, 0) is 48.9 Å². The van der Waals surface area contributed by atoms with Crippen molar-refractivity contribution in [2.24, 2.45) is 0 Å². The fourth-order valence-corrected chi connectivity index (χ4v) is 2.52. The first-order chi connectivity index (χ1) is 6.66. The first-order valence-electron chi connectivity index (χ1n) is 4.80. The normalized spacial score (nSPS) is 26.8. The molecule has 1 N–H and O–H groups in total. The molecule has 3 heteroatoms. The number of hydrogen-bond acceptors (Lipinski definition) is 1. The van der Waals surface area contributed by atoms with Crippen molar-refractivity contribution in [2.75, 3.05) is 0 Å². The number of aliphatic hydroxyl groups excluding tert-OH is 1. The number of aliphatic hydroxyl groups is 1. The summed E-state index contributed by atoms with van der Waals surface area (Å²) in [5, 5.41) is 10.9. The molecule has 1 aliphatic rings. The monoisotopic (exact) mass is 230 g/mol. The van der Waals surface area contributed by atoms with E-state index in [2.05, 4.69) is 0 Å². The van der Waals surface area contributed by atoms with Crippen LogP contribution in [0.15, 0.2) is 18.2 Å². The quantitative estimate of drug-likeness (QED) is 0.782. The maximum atomic E-state index is 9.45. The number of rotatable bonds is 1. The average Bonchev–Trinajstić information content (AvgIpc) is 2.56. The summed E-state index contributed by atoms with van der Waals surface area (Å²) in [5.41, 5.74) is 1.08. The highest BCUT2D eigenvalue weighted by molar-refractivity contribution is 6.33. The Balaban J connectivity index is 2.27. The maximum Gasteiger partial charge on any atom is 0.0546 e. The lowest BCUT2D eigenvalue weighted by molar-refractivity contribution is 0.181. The van der Waals surface area contributed by atoms with Crippen LogP contribution < -0.4 is 0 Å². The molecule has 0 heterocycles. The predicted octanol–water partition coefficient (Wildman–Crippen LogP) is 3.62. The Labute approximate surface area is 93.7 Å². The Bertz CT molecular complexity index is 338. The van der Waals surface area contributed by atoms with Gasteiger partial charge < -0.3 is 5.11 Å². The zero-order chi connectivity index (χ0) is 10.1. The average molecular weight is 231 g/mol. The molecule has 14 heavy (non-hydrogen) atoms. The molecule has 1 aromatic rings. The van der Waals surface area contributed by atoms with Crippen LogP contribution >= 0.6 is 23.2 Å². The molecule has 1 aromatic carbocycles. The van der Waals surface area contributed by atoms with Crippen molar-refractivity contribution in [3.05, 3.63) is 33.8 Å². The lowest BCUT2D eigenvalue weighted by atomic mass is 9.98. The summed E-state index contributed by atoms with van der Waals surface area (Å²) in [5.74, 6) is 0.371. The van der Waals surface area contributed by atoms with Crippen LogP contribution in [0, 0.1) is 0 Å². The van der Waals surface area contributed by atoms with Gasteiger partial charge in [-0.15, -0.1) is 0 Å². The Morgan fingerprint density at radius 3 is 2.64 bits per heavy atom. The molecular formula is C11H12Cl2O. The van der Waals surface area contributed by atoms with E-state index in [1.54, 1.807) is 6.07 Å².